The number of halogens is 5. The van der Waals surface area contributed by atoms with E-state index < -0.39 is 29.7 Å². The van der Waals surface area contributed by atoms with Gasteiger partial charge in [-0.25, -0.2) is 4.39 Å². The van der Waals surface area contributed by atoms with Crippen molar-refractivity contribution in [1.82, 2.24) is 5.32 Å². The Morgan fingerprint density at radius 2 is 1.64 bits per heavy atom. The van der Waals surface area contributed by atoms with Crippen LogP contribution in [0.1, 0.15) is 15.9 Å². The summed E-state index contributed by atoms with van der Waals surface area (Å²) in [6.07, 6.45) is -3.57. The van der Waals surface area contributed by atoms with Crippen LogP contribution in [0.3, 0.4) is 0 Å². The predicted molar refractivity (Wildman–Crippen MR) is 118 cm³/mol. The molecule has 0 unspecified atom stereocenters. The maximum absolute atomic E-state index is 13.6. The van der Waals surface area contributed by atoms with E-state index in [4.69, 9.17) is 0 Å². The van der Waals surface area contributed by atoms with Crippen LogP contribution in [0.25, 0.3) is 6.08 Å². The summed E-state index contributed by atoms with van der Waals surface area (Å²) in [6.45, 7) is 0. The monoisotopic (exact) mass is 522 g/mol. The molecule has 3 rings (SSSR count). The van der Waals surface area contributed by atoms with Gasteiger partial charge in [-0.2, -0.15) is 0 Å². The number of anilines is 1. The molecule has 33 heavy (non-hydrogen) atoms. The van der Waals surface area contributed by atoms with Crippen LogP contribution in [0.4, 0.5) is 23.2 Å². The van der Waals surface area contributed by atoms with E-state index >= 15 is 0 Å². The minimum Gasteiger partial charge on any atom is -0.406 e. The molecule has 170 valence electrons. The number of carbonyl (C=O) groups excluding carboxylic acids is 2. The first-order valence-electron chi connectivity index (χ1n) is 9.31. The van der Waals surface area contributed by atoms with Gasteiger partial charge < -0.3 is 15.4 Å². The van der Waals surface area contributed by atoms with Crippen LogP contribution in [-0.4, -0.2) is 18.2 Å². The van der Waals surface area contributed by atoms with Crippen molar-refractivity contribution in [3.63, 3.8) is 0 Å². The molecule has 0 atom stereocenters. The van der Waals surface area contributed by atoms with Gasteiger partial charge in [-0.15, -0.1) is 13.2 Å². The lowest BCUT2D eigenvalue weighted by Gasteiger charge is -2.13. The summed E-state index contributed by atoms with van der Waals surface area (Å²) in [5, 5.41) is 4.96. The average Bonchev–Trinajstić information content (AvgIpc) is 2.74. The Morgan fingerprint density at radius 1 is 0.939 bits per heavy atom. The van der Waals surface area contributed by atoms with Crippen LogP contribution < -0.4 is 15.4 Å². The summed E-state index contributed by atoms with van der Waals surface area (Å²) in [4.78, 5) is 25.6. The Balaban J connectivity index is 1.85. The molecular weight excluding hydrogens is 508 g/mol. The number of alkyl halides is 3. The third-order valence-corrected chi connectivity index (χ3v) is 4.81. The molecule has 0 aliphatic carbocycles. The number of hydrogen-bond donors (Lipinski definition) is 2. The summed E-state index contributed by atoms with van der Waals surface area (Å²) in [7, 11) is 0. The minimum absolute atomic E-state index is 0.148. The molecule has 0 fully saturated rings. The summed E-state index contributed by atoms with van der Waals surface area (Å²) in [6, 6.07) is 16.4. The highest BCUT2D eigenvalue weighted by molar-refractivity contribution is 9.10. The SMILES string of the molecule is O=C(Nc1ccc(OC(F)(F)F)cc1)C(=Cc1cccc(F)c1)NC(=O)c1ccccc1Br. The maximum Gasteiger partial charge on any atom is 0.573 e. The summed E-state index contributed by atoms with van der Waals surface area (Å²) >= 11 is 3.26. The maximum atomic E-state index is 13.6. The van der Waals surface area contributed by atoms with Gasteiger partial charge in [0.1, 0.15) is 17.3 Å². The van der Waals surface area contributed by atoms with Crippen molar-refractivity contribution in [2.75, 3.05) is 5.32 Å². The van der Waals surface area contributed by atoms with E-state index in [1.54, 1.807) is 18.2 Å². The van der Waals surface area contributed by atoms with Crippen LogP contribution in [0, 0.1) is 5.82 Å². The van der Waals surface area contributed by atoms with Gasteiger partial charge in [0.15, 0.2) is 0 Å². The van der Waals surface area contributed by atoms with E-state index in [1.165, 1.54) is 48.5 Å². The standard InChI is InChI=1S/C23H15BrF4N2O3/c24-19-7-2-1-6-18(19)21(31)30-20(13-14-4-3-5-15(25)12-14)22(32)29-16-8-10-17(11-9-16)33-23(26,27)28/h1-13H,(H,29,32)(H,30,31). The molecule has 10 heteroatoms. The summed E-state index contributed by atoms with van der Waals surface area (Å²) < 4.78 is 54.8. The first-order valence-corrected chi connectivity index (χ1v) is 10.1. The normalized spacial score (nSPS) is 11.6. The molecule has 0 aliphatic heterocycles. The molecule has 0 radical (unpaired) electrons. The first-order chi connectivity index (χ1) is 15.6. The molecule has 3 aromatic carbocycles. The van der Waals surface area contributed by atoms with Gasteiger partial charge in [0.25, 0.3) is 11.8 Å². The highest BCUT2D eigenvalue weighted by Gasteiger charge is 2.31. The third kappa shape index (κ3) is 7.18. The second-order valence-electron chi connectivity index (χ2n) is 6.57. The van der Waals surface area contributed by atoms with Gasteiger partial charge in [-0.3, -0.25) is 9.59 Å². The van der Waals surface area contributed by atoms with Crippen LogP contribution in [0.2, 0.25) is 0 Å². The Kier molecular flexibility index (Phi) is 7.49. The van der Waals surface area contributed by atoms with Crippen LogP contribution in [0.5, 0.6) is 5.75 Å². The van der Waals surface area contributed by atoms with Crippen molar-refractivity contribution in [2.24, 2.45) is 0 Å². The van der Waals surface area contributed by atoms with E-state index in [1.807, 2.05) is 0 Å². The number of rotatable bonds is 6. The molecule has 0 aliphatic rings. The highest BCUT2D eigenvalue weighted by atomic mass is 79.9. The Labute approximate surface area is 194 Å². The molecule has 0 heterocycles. The largest absolute Gasteiger partial charge is 0.573 e. The zero-order valence-electron chi connectivity index (χ0n) is 16.6. The van der Waals surface area contributed by atoms with E-state index in [2.05, 4.69) is 31.3 Å². The van der Waals surface area contributed by atoms with Gasteiger partial charge in [0.05, 0.1) is 5.56 Å². The predicted octanol–water partition coefficient (Wildman–Crippen LogP) is 5.90. The smallest absolute Gasteiger partial charge is 0.406 e. The fraction of sp³-hybridized carbons (Fsp3) is 0.0435. The number of hydrogen-bond acceptors (Lipinski definition) is 3. The second kappa shape index (κ2) is 10.3. The molecule has 0 bridgehead atoms. The molecule has 2 N–H and O–H groups in total. The summed E-state index contributed by atoms with van der Waals surface area (Å²) in [5.41, 5.74) is 0.498. The van der Waals surface area contributed by atoms with Crippen molar-refractivity contribution in [1.29, 1.82) is 0 Å². The highest BCUT2D eigenvalue weighted by Crippen LogP contribution is 2.24. The van der Waals surface area contributed by atoms with Gasteiger partial charge in [-0.05, 0) is 76.1 Å². The second-order valence-corrected chi connectivity index (χ2v) is 7.43. The van der Waals surface area contributed by atoms with Crippen LogP contribution in [0.15, 0.2) is 83.0 Å². The van der Waals surface area contributed by atoms with Gasteiger partial charge in [0, 0.05) is 10.2 Å². The van der Waals surface area contributed by atoms with Gasteiger partial charge in [0.2, 0.25) is 0 Å². The number of benzene rings is 3. The molecule has 0 saturated heterocycles. The molecule has 0 aromatic heterocycles. The zero-order chi connectivity index (χ0) is 24.0. The first kappa shape index (κ1) is 24.0. The van der Waals surface area contributed by atoms with E-state index in [9.17, 15) is 27.2 Å². The third-order valence-electron chi connectivity index (χ3n) is 4.12. The lowest BCUT2D eigenvalue weighted by atomic mass is 10.1. The van der Waals surface area contributed by atoms with Gasteiger partial charge in [-0.1, -0.05) is 24.3 Å². The van der Waals surface area contributed by atoms with Crippen molar-refractivity contribution in [2.45, 2.75) is 6.36 Å². The Bertz CT molecular complexity index is 1190. The van der Waals surface area contributed by atoms with Crippen LogP contribution >= 0.6 is 15.9 Å². The fourth-order valence-corrected chi connectivity index (χ4v) is 3.16. The fourth-order valence-electron chi connectivity index (χ4n) is 2.69. The topological polar surface area (TPSA) is 67.4 Å². The van der Waals surface area contributed by atoms with E-state index in [0.29, 0.717) is 10.0 Å². The number of ether oxygens (including phenoxy) is 1. The molecule has 0 saturated carbocycles. The average molecular weight is 523 g/mol. The molecule has 0 spiro atoms. The minimum atomic E-state index is -4.85. The lowest BCUT2D eigenvalue weighted by Crippen LogP contribution is -2.31. The number of carbonyl (C=O) groups is 2. The molecule has 3 aromatic rings. The molecule has 5 nitrogen and oxygen atoms in total. The van der Waals surface area contributed by atoms with Crippen molar-refractivity contribution in [3.05, 3.63) is 99.9 Å². The molecule has 2 amide bonds. The van der Waals surface area contributed by atoms with Crippen molar-refractivity contribution >= 4 is 39.5 Å². The lowest BCUT2D eigenvalue weighted by molar-refractivity contribution is -0.274. The summed E-state index contributed by atoms with van der Waals surface area (Å²) in [5.74, 6) is -2.38. The Hall–Kier alpha value is -3.66. The van der Waals surface area contributed by atoms with E-state index in [-0.39, 0.29) is 16.9 Å². The number of amides is 2. The van der Waals surface area contributed by atoms with E-state index in [0.717, 1.165) is 12.1 Å². The number of nitrogens with one attached hydrogen (secondary N) is 2. The van der Waals surface area contributed by atoms with Crippen LogP contribution in [-0.2, 0) is 4.79 Å². The van der Waals surface area contributed by atoms with Crippen molar-refractivity contribution in [3.8, 4) is 5.75 Å². The van der Waals surface area contributed by atoms with Gasteiger partial charge >= 0.3 is 6.36 Å². The zero-order valence-corrected chi connectivity index (χ0v) is 18.2. The quantitative estimate of drug-likeness (QED) is 0.313. The molecular formula is C23H15BrF4N2O3. The van der Waals surface area contributed by atoms with Crippen molar-refractivity contribution < 1.29 is 31.9 Å². The Morgan fingerprint density at radius 3 is 2.27 bits per heavy atom.